The number of nitrogens with one attached hydrogen (secondary N) is 1. The Kier molecular flexibility index (Phi) is 3.80. The van der Waals surface area contributed by atoms with Gasteiger partial charge in [-0.25, -0.2) is 4.79 Å². The second kappa shape index (κ2) is 5.88. The van der Waals surface area contributed by atoms with E-state index in [1.54, 1.807) is 23.2 Å². The summed E-state index contributed by atoms with van der Waals surface area (Å²) in [5.74, 6) is 0.317. The van der Waals surface area contributed by atoms with Gasteiger partial charge in [0.1, 0.15) is 0 Å². The molecule has 2 unspecified atom stereocenters. The summed E-state index contributed by atoms with van der Waals surface area (Å²) in [5.41, 5.74) is 3.50. The lowest BCUT2D eigenvalue weighted by molar-refractivity contribution is -0.117. The third-order valence-corrected chi connectivity index (χ3v) is 5.44. The first-order valence-corrected chi connectivity index (χ1v) is 8.97. The highest BCUT2D eigenvalue weighted by Crippen LogP contribution is 2.48. The zero-order valence-corrected chi connectivity index (χ0v) is 15.6. The van der Waals surface area contributed by atoms with E-state index in [4.69, 9.17) is 0 Å². The number of halogens is 1. The van der Waals surface area contributed by atoms with Crippen LogP contribution in [0.3, 0.4) is 0 Å². The minimum Gasteiger partial charge on any atom is -0.326 e. The maximum Gasteiger partial charge on any atom is 0.328 e. The molecule has 6 heteroatoms. The van der Waals surface area contributed by atoms with Gasteiger partial charge in [-0.15, -0.1) is 0 Å². The zero-order chi connectivity index (χ0) is 17.7. The van der Waals surface area contributed by atoms with E-state index in [0.717, 1.165) is 27.6 Å². The summed E-state index contributed by atoms with van der Waals surface area (Å²) in [5, 5.41) is 2.99. The number of imidazole rings is 1. The molecular formula is C19H18BrN3O2. The van der Waals surface area contributed by atoms with Crippen molar-refractivity contribution < 1.29 is 4.79 Å². The van der Waals surface area contributed by atoms with Gasteiger partial charge in [0.2, 0.25) is 5.91 Å². The van der Waals surface area contributed by atoms with Crippen LogP contribution in [-0.4, -0.2) is 15.0 Å². The quantitative estimate of drug-likeness (QED) is 0.733. The highest BCUT2D eigenvalue weighted by Gasteiger charge is 2.43. The van der Waals surface area contributed by atoms with Crippen LogP contribution in [0.2, 0.25) is 0 Å². The molecule has 1 heterocycles. The number of amides is 1. The van der Waals surface area contributed by atoms with Crippen molar-refractivity contribution in [1.29, 1.82) is 0 Å². The van der Waals surface area contributed by atoms with Crippen LogP contribution in [0.4, 0.5) is 5.69 Å². The Labute approximate surface area is 153 Å². The summed E-state index contributed by atoms with van der Waals surface area (Å²) < 4.78 is 4.23. The van der Waals surface area contributed by atoms with Gasteiger partial charge in [0.15, 0.2) is 0 Å². The number of rotatable bonds is 3. The van der Waals surface area contributed by atoms with E-state index < -0.39 is 0 Å². The second-order valence-electron chi connectivity index (χ2n) is 6.60. The molecule has 1 aromatic heterocycles. The molecule has 0 radical (unpaired) electrons. The number of carbonyl (C=O) groups is 1. The minimum atomic E-state index is -0.0737. The van der Waals surface area contributed by atoms with Crippen LogP contribution < -0.4 is 11.0 Å². The standard InChI is InChI=1S/C19H18BrN3O2/c1-22-16-7-6-13(9-17(16)23(2)19(22)25)21-18(24)15-10-14(15)11-4-3-5-12(20)8-11/h3-9,14-15H,10H2,1-2H3,(H,21,24). The van der Waals surface area contributed by atoms with E-state index in [1.807, 2.05) is 30.3 Å². The van der Waals surface area contributed by atoms with E-state index in [0.29, 0.717) is 0 Å². The van der Waals surface area contributed by atoms with Crippen LogP contribution in [-0.2, 0) is 18.9 Å². The normalized spacial score (nSPS) is 19.2. The molecule has 128 valence electrons. The minimum absolute atomic E-state index is 0.00425. The predicted molar refractivity (Wildman–Crippen MR) is 102 cm³/mol. The number of nitrogens with zero attached hydrogens (tertiary/aromatic N) is 2. The van der Waals surface area contributed by atoms with Gasteiger partial charge < -0.3 is 5.32 Å². The zero-order valence-electron chi connectivity index (χ0n) is 14.0. The lowest BCUT2D eigenvalue weighted by atomic mass is 10.1. The average Bonchev–Trinajstić information content (AvgIpc) is 3.37. The van der Waals surface area contributed by atoms with Gasteiger partial charge in [-0.05, 0) is 48.2 Å². The largest absolute Gasteiger partial charge is 0.328 e. The Bertz CT molecular complexity index is 1050. The van der Waals surface area contributed by atoms with Crippen molar-refractivity contribution in [2.75, 3.05) is 5.32 Å². The molecule has 4 rings (SSSR count). The van der Waals surface area contributed by atoms with E-state index >= 15 is 0 Å². The summed E-state index contributed by atoms with van der Waals surface area (Å²) in [6.45, 7) is 0. The number of aryl methyl sites for hydroxylation is 2. The molecule has 3 aromatic rings. The number of hydrogen-bond acceptors (Lipinski definition) is 2. The van der Waals surface area contributed by atoms with Gasteiger partial charge in [0.25, 0.3) is 0 Å². The van der Waals surface area contributed by atoms with Gasteiger partial charge >= 0.3 is 5.69 Å². The van der Waals surface area contributed by atoms with Crippen LogP contribution in [0.15, 0.2) is 51.7 Å². The first-order chi connectivity index (χ1) is 12.0. The van der Waals surface area contributed by atoms with Crippen LogP contribution in [0.25, 0.3) is 11.0 Å². The van der Waals surface area contributed by atoms with Crippen molar-refractivity contribution in [2.24, 2.45) is 20.0 Å². The van der Waals surface area contributed by atoms with Crippen molar-refractivity contribution in [3.8, 4) is 0 Å². The van der Waals surface area contributed by atoms with Crippen LogP contribution in [0.1, 0.15) is 17.9 Å². The summed E-state index contributed by atoms with van der Waals surface area (Å²) in [7, 11) is 3.48. The van der Waals surface area contributed by atoms with Crippen molar-refractivity contribution in [1.82, 2.24) is 9.13 Å². The molecule has 1 saturated carbocycles. The first kappa shape index (κ1) is 16.1. The van der Waals surface area contributed by atoms with Gasteiger partial charge in [-0.3, -0.25) is 13.9 Å². The Morgan fingerprint density at radius 2 is 1.88 bits per heavy atom. The fourth-order valence-corrected chi connectivity index (χ4v) is 3.83. The molecule has 2 atom stereocenters. The van der Waals surface area contributed by atoms with Crippen LogP contribution in [0.5, 0.6) is 0 Å². The molecule has 0 bridgehead atoms. The fraction of sp³-hybridized carbons (Fsp3) is 0.263. The van der Waals surface area contributed by atoms with Gasteiger partial charge in [-0.2, -0.15) is 0 Å². The predicted octanol–water partition coefficient (Wildman–Crippen LogP) is 3.38. The summed E-state index contributed by atoms with van der Waals surface area (Å²) in [6.07, 6.45) is 0.869. The summed E-state index contributed by atoms with van der Waals surface area (Å²) >= 11 is 3.48. The van der Waals surface area contributed by atoms with Crippen molar-refractivity contribution in [3.05, 3.63) is 63.0 Å². The highest BCUT2D eigenvalue weighted by molar-refractivity contribution is 9.10. The lowest BCUT2D eigenvalue weighted by Crippen LogP contribution is -2.19. The van der Waals surface area contributed by atoms with Crippen LogP contribution in [0, 0.1) is 5.92 Å². The van der Waals surface area contributed by atoms with Crippen molar-refractivity contribution >= 4 is 38.6 Å². The molecular weight excluding hydrogens is 382 g/mol. The van der Waals surface area contributed by atoms with E-state index in [1.165, 1.54) is 5.56 Å². The summed E-state index contributed by atoms with van der Waals surface area (Å²) in [6, 6.07) is 13.7. The molecule has 1 amide bonds. The molecule has 25 heavy (non-hydrogen) atoms. The van der Waals surface area contributed by atoms with Gasteiger partial charge in [0, 0.05) is 30.2 Å². The van der Waals surface area contributed by atoms with E-state index in [9.17, 15) is 9.59 Å². The Hall–Kier alpha value is -2.34. The number of aromatic nitrogens is 2. The molecule has 0 aliphatic heterocycles. The molecule has 5 nitrogen and oxygen atoms in total. The van der Waals surface area contributed by atoms with Gasteiger partial charge in [-0.1, -0.05) is 28.1 Å². The number of fused-ring (bicyclic) bond motifs is 1. The number of anilines is 1. The number of carbonyl (C=O) groups excluding carboxylic acids is 1. The summed E-state index contributed by atoms with van der Waals surface area (Å²) in [4.78, 5) is 24.5. The molecule has 1 fully saturated rings. The van der Waals surface area contributed by atoms with Crippen molar-refractivity contribution in [3.63, 3.8) is 0 Å². The highest BCUT2D eigenvalue weighted by atomic mass is 79.9. The molecule has 2 aromatic carbocycles. The smallest absolute Gasteiger partial charge is 0.326 e. The SMILES string of the molecule is Cn1c(=O)n(C)c2cc(NC(=O)C3CC3c3cccc(Br)c3)ccc21. The van der Waals surface area contributed by atoms with Crippen LogP contribution >= 0.6 is 15.9 Å². The Morgan fingerprint density at radius 3 is 2.64 bits per heavy atom. The average molecular weight is 400 g/mol. The first-order valence-electron chi connectivity index (χ1n) is 8.17. The second-order valence-corrected chi connectivity index (χ2v) is 7.51. The molecule has 1 N–H and O–H groups in total. The third-order valence-electron chi connectivity index (χ3n) is 4.94. The molecule has 0 saturated heterocycles. The maximum atomic E-state index is 12.5. The monoisotopic (exact) mass is 399 g/mol. The van der Waals surface area contributed by atoms with Crippen molar-refractivity contribution in [2.45, 2.75) is 12.3 Å². The van der Waals surface area contributed by atoms with E-state index in [-0.39, 0.29) is 23.4 Å². The molecule has 1 aliphatic carbocycles. The lowest BCUT2D eigenvalue weighted by Gasteiger charge is -2.06. The van der Waals surface area contributed by atoms with Gasteiger partial charge in [0.05, 0.1) is 11.0 Å². The van der Waals surface area contributed by atoms with E-state index in [2.05, 4.69) is 33.4 Å². The number of hydrogen-bond donors (Lipinski definition) is 1. The number of benzene rings is 2. The molecule has 1 aliphatic rings. The Balaban J connectivity index is 1.53. The maximum absolute atomic E-state index is 12.5. The topological polar surface area (TPSA) is 56.0 Å². The molecule has 0 spiro atoms. The Morgan fingerprint density at radius 1 is 1.12 bits per heavy atom. The fourth-order valence-electron chi connectivity index (χ4n) is 3.41. The third kappa shape index (κ3) is 2.80.